The predicted octanol–water partition coefficient (Wildman–Crippen LogP) is 2.76. The molecule has 0 aliphatic heterocycles. The van der Waals surface area contributed by atoms with Crippen LogP contribution in [0, 0.1) is 0 Å². The molecular weight excluding hydrogens is 352 g/mol. The summed E-state index contributed by atoms with van der Waals surface area (Å²) in [6.07, 6.45) is 0.882. The fraction of sp³-hybridized carbons (Fsp3) is 0.263. The molecule has 1 amide bonds. The minimum absolute atomic E-state index is 0.0150. The van der Waals surface area contributed by atoms with Crippen LogP contribution < -0.4 is 10.0 Å². The van der Waals surface area contributed by atoms with Crippen LogP contribution in [0.15, 0.2) is 53.4 Å². The van der Waals surface area contributed by atoms with Gasteiger partial charge in [0.2, 0.25) is 15.9 Å². The Balaban J connectivity index is 1.89. The molecule has 0 radical (unpaired) electrons. The van der Waals surface area contributed by atoms with Gasteiger partial charge in [0.25, 0.3) is 0 Å². The predicted molar refractivity (Wildman–Crippen MR) is 101 cm³/mol. The summed E-state index contributed by atoms with van der Waals surface area (Å²) in [6, 6.07) is 13.2. The van der Waals surface area contributed by atoms with Crippen LogP contribution in [-0.4, -0.2) is 26.7 Å². The molecule has 0 saturated carbocycles. The highest BCUT2D eigenvalue weighted by Gasteiger charge is 2.14. The number of nitrogens with one attached hydrogen (secondary N) is 2. The first-order chi connectivity index (χ1) is 12.3. The molecule has 0 aliphatic rings. The molecule has 7 heteroatoms. The number of sulfonamides is 1. The van der Waals surface area contributed by atoms with E-state index in [1.54, 1.807) is 6.07 Å². The van der Waals surface area contributed by atoms with E-state index >= 15 is 0 Å². The van der Waals surface area contributed by atoms with Crippen LogP contribution in [0.1, 0.15) is 36.2 Å². The second-order valence-corrected chi connectivity index (χ2v) is 7.60. The maximum Gasteiger partial charge on any atom is 0.240 e. The largest absolute Gasteiger partial charge is 0.326 e. The standard InChI is InChI=1S/C19H22N2O4S/c1-3-15-5-4-6-17(13-15)21-19(23)11-12-20-26(24,25)18-9-7-16(8-10-18)14(2)22/h4-10,13,20H,3,11-12H2,1-2H3,(H,21,23). The Bertz CT molecular complexity index is 890. The van der Waals surface area contributed by atoms with Gasteiger partial charge < -0.3 is 5.32 Å². The zero-order chi connectivity index (χ0) is 19.2. The first-order valence-electron chi connectivity index (χ1n) is 8.31. The number of carbonyl (C=O) groups excluding carboxylic acids is 2. The van der Waals surface area contributed by atoms with E-state index in [1.165, 1.54) is 31.2 Å². The Morgan fingerprint density at radius 3 is 2.35 bits per heavy atom. The van der Waals surface area contributed by atoms with E-state index < -0.39 is 10.0 Å². The van der Waals surface area contributed by atoms with E-state index in [0.717, 1.165) is 12.0 Å². The minimum Gasteiger partial charge on any atom is -0.326 e. The monoisotopic (exact) mass is 374 g/mol. The third-order valence-electron chi connectivity index (χ3n) is 3.83. The lowest BCUT2D eigenvalue weighted by molar-refractivity contribution is -0.116. The molecule has 0 atom stereocenters. The smallest absolute Gasteiger partial charge is 0.240 e. The van der Waals surface area contributed by atoms with Crippen molar-refractivity contribution < 1.29 is 18.0 Å². The van der Waals surface area contributed by atoms with Crippen molar-refractivity contribution in [3.8, 4) is 0 Å². The van der Waals surface area contributed by atoms with Gasteiger partial charge >= 0.3 is 0 Å². The molecule has 2 N–H and O–H groups in total. The first kappa shape index (κ1) is 19.8. The van der Waals surface area contributed by atoms with Gasteiger partial charge in [-0.15, -0.1) is 0 Å². The lowest BCUT2D eigenvalue weighted by Crippen LogP contribution is -2.27. The summed E-state index contributed by atoms with van der Waals surface area (Å²) in [7, 11) is -3.72. The van der Waals surface area contributed by atoms with E-state index in [2.05, 4.69) is 10.0 Å². The summed E-state index contributed by atoms with van der Waals surface area (Å²) in [5.74, 6) is -0.404. The summed E-state index contributed by atoms with van der Waals surface area (Å²) in [5, 5.41) is 2.75. The topological polar surface area (TPSA) is 92.3 Å². The second-order valence-electron chi connectivity index (χ2n) is 5.83. The van der Waals surface area contributed by atoms with Crippen LogP contribution in [0.3, 0.4) is 0 Å². The number of aryl methyl sites for hydroxylation is 1. The third-order valence-corrected chi connectivity index (χ3v) is 5.31. The molecule has 26 heavy (non-hydrogen) atoms. The summed E-state index contributed by atoms with van der Waals surface area (Å²) >= 11 is 0. The van der Waals surface area contributed by atoms with Crippen LogP contribution in [0.25, 0.3) is 0 Å². The molecule has 138 valence electrons. The Kier molecular flexibility index (Phi) is 6.65. The number of hydrogen-bond donors (Lipinski definition) is 2. The normalized spacial score (nSPS) is 11.2. The highest BCUT2D eigenvalue weighted by molar-refractivity contribution is 7.89. The Labute approximate surface area is 153 Å². The van der Waals surface area contributed by atoms with Gasteiger partial charge in [0, 0.05) is 24.2 Å². The van der Waals surface area contributed by atoms with Crippen molar-refractivity contribution in [1.29, 1.82) is 0 Å². The van der Waals surface area contributed by atoms with Crippen LogP contribution in [0.4, 0.5) is 5.69 Å². The first-order valence-corrected chi connectivity index (χ1v) is 9.79. The number of ketones is 1. The number of rotatable bonds is 8. The van der Waals surface area contributed by atoms with Crippen LogP contribution in [0.5, 0.6) is 0 Å². The van der Waals surface area contributed by atoms with Gasteiger partial charge in [0.05, 0.1) is 4.90 Å². The molecule has 0 saturated heterocycles. The quantitative estimate of drug-likeness (QED) is 0.695. The number of hydrogen-bond acceptors (Lipinski definition) is 4. The van der Waals surface area contributed by atoms with Gasteiger partial charge in [0.15, 0.2) is 5.78 Å². The molecule has 0 bridgehead atoms. The molecule has 6 nitrogen and oxygen atoms in total. The van der Waals surface area contributed by atoms with Crippen molar-refractivity contribution in [3.63, 3.8) is 0 Å². The number of benzene rings is 2. The molecule has 2 rings (SSSR count). The maximum atomic E-state index is 12.2. The van der Waals surface area contributed by atoms with Crippen molar-refractivity contribution in [2.24, 2.45) is 0 Å². The van der Waals surface area contributed by atoms with E-state index in [-0.39, 0.29) is 29.6 Å². The summed E-state index contributed by atoms with van der Waals surface area (Å²) in [4.78, 5) is 23.3. The van der Waals surface area contributed by atoms with E-state index in [1.807, 2.05) is 25.1 Å². The van der Waals surface area contributed by atoms with Crippen molar-refractivity contribution in [2.45, 2.75) is 31.6 Å². The van der Waals surface area contributed by atoms with Gasteiger partial charge in [-0.25, -0.2) is 13.1 Å². The fourth-order valence-electron chi connectivity index (χ4n) is 2.34. The highest BCUT2D eigenvalue weighted by Crippen LogP contribution is 2.12. The van der Waals surface area contributed by atoms with Gasteiger partial charge in [-0.3, -0.25) is 9.59 Å². The minimum atomic E-state index is -3.72. The Morgan fingerprint density at radius 2 is 1.73 bits per heavy atom. The number of Topliss-reactive ketones (excluding diaryl/α,β-unsaturated/α-hetero) is 1. The third kappa shape index (κ3) is 5.50. The van der Waals surface area contributed by atoms with Crippen molar-refractivity contribution in [1.82, 2.24) is 4.72 Å². The molecule has 2 aromatic carbocycles. The number of amides is 1. The SMILES string of the molecule is CCc1cccc(NC(=O)CCNS(=O)(=O)c2ccc(C(C)=O)cc2)c1. The van der Waals surface area contributed by atoms with Gasteiger partial charge in [-0.2, -0.15) is 0 Å². The van der Waals surface area contributed by atoms with E-state index in [0.29, 0.717) is 11.3 Å². The summed E-state index contributed by atoms with van der Waals surface area (Å²) < 4.78 is 26.8. The number of carbonyl (C=O) groups is 2. The zero-order valence-electron chi connectivity index (χ0n) is 14.8. The molecular formula is C19H22N2O4S. The molecule has 0 fully saturated rings. The van der Waals surface area contributed by atoms with Crippen molar-refractivity contribution in [3.05, 3.63) is 59.7 Å². The van der Waals surface area contributed by atoms with E-state index in [9.17, 15) is 18.0 Å². The fourth-order valence-corrected chi connectivity index (χ4v) is 3.38. The lowest BCUT2D eigenvalue weighted by atomic mass is 10.1. The Hall–Kier alpha value is -2.51. The van der Waals surface area contributed by atoms with Gasteiger partial charge in [-0.05, 0) is 43.2 Å². The molecule has 2 aromatic rings. The summed E-state index contributed by atoms with van der Waals surface area (Å²) in [6.45, 7) is 3.42. The average molecular weight is 374 g/mol. The molecule has 0 spiro atoms. The Morgan fingerprint density at radius 1 is 1.04 bits per heavy atom. The van der Waals surface area contributed by atoms with Gasteiger partial charge in [0.1, 0.15) is 0 Å². The van der Waals surface area contributed by atoms with Crippen molar-refractivity contribution in [2.75, 3.05) is 11.9 Å². The maximum absolute atomic E-state index is 12.2. The highest BCUT2D eigenvalue weighted by atomic mass is 32.2. The van der Waals surface area contributed by atoms with Gasteiger partial charge in [-0.1, -0.05) is 31.2 Å². The van der Waals surface area contributed by atoms with E-state index in [4.69, 9.17) is 0 Å². The second kappa shape index (κ2) is 8.73. The molecule has 0 aliphatic carbocycles. The van der Waals surface area contributed by atoms with Crippen LogP contribution >= 0.6 is 0 Å². The van der Waals surface area contributed by atoms with Crippen molar-refractivity contribution >= 4 is 27.4 Å². The summed E-state index contributed by atoms with van der Waals surface area (Å²) in [5.41, 5.74) is 2.24. The molecule has 0 unspecified atom stereocenters. The van der Waals surface area contributed by atoms with Crippen LogP contribution in [0.2, 0.25) is 0 Å². The molecule has 0 heterocycles. The average Bonchev–Trinajstić information content (AvgIpc) is 2.61. The number of anilines is 1. The molecule has 0 aromatic heterocycles. The van der Waals surface area contributed by atoms with Crippen LogP contribution in [-0.2, 0) is 21.2 Å². The lowest BCUT2D eigenvalue weighted by Gasteiger charge is -2.09. The zero-order valence-corrected chi connectivity index (χ0v) is 15.6.